The fourth-order valence-corrected chi connectivity index (χ4v) is 4.95. The molecule has 1 amide bonds. The van der Waals surface area contributed by atoms with Gasteiger partial charge in [0, 0.05) is 30.7 Å². The summed E-state index contributed by atoms with van der Waals surface area (Å²) >= 11 is 0. The van der Waals surface area contributed by atoms with Crippen molar-refractivity contribution in [3.05, 3.63) is 24.3 Å². The van der Waals surface area contributed by atoms with Gasteiger partial charge in [-0.1, -0.05) is 6.42 Å². The van der Waals surface area contributed by atoms with E-state index in [0.717, 1.165) is 44.0 Å². The van der Waals surface area contributed by atoms with Gasteiger partial charge in [0.2, 0.25) is 5.91 Å². The Morgan fingerprint density at radius 3 is 2.42 bits per heavy atom. The molecule has 1 aromatic carbocycles. The summed E-state index contributed by atoms with van der Waals surface area (Å²) in [6.07, 6.45) is 7.15. The molecule has 1 aliphatic heterocycles. The molecule has 130 valence electrons. The fourth-order valence-electron chi connectivity index (χ4n) is 4.95. The van der Waals surface area contributed by atoms with Gasteiger partial charge >= 0.3 is 0 Å². The van der Waals surface area contributed by atoms with Crippen LogP contribution >= 0.6 is 0 Å². The third-order valence-electron chi connectivity index (χ3n) is 6.35. The SMILES string of the molecule is COc1ccc(N2CCC(NC(=O)[C@@H]3C[C@H]4CC[C@H]3C4)CC2)cc1. The molecule has 4 rings (SSSR count). The molecule has 0 radical (unpaired) electrons. The first-order valence-corrected chi connectivity index (χ1v) is 9.42. The number of benzene rings is 1. The van der Waals surface area contributed by atoms with Crippen molar-refractivity contribution < 1.29 is 9.53 Å². The number of fused-ring (bicyclic) bond motifs is 2. The van der Waals surface area contributed by atoms with E-state index in [0.29, 0.717) is 23.8 Å². The monoisotopic (exact) mass is 328 g/mol. The molecule has 0 unspecified atom stereocenters. The van der Waals surface area contributed by atoms with Gasteiger partial charge in [-0.15, -0.1) is 0 Å². The summed E-state index contributed by atoms with van der Waals surface area (Å²) in [5.74, 6) is 3.05. The number of ether oxygens (including phenoxy) is 1. The van der Waals surface area contributed by atoms with Crippen molar-refractivity contribution in [2.75, 3.05) is 25.1 Å². The van der Waals surface area contributed by atoms with E-state index < -0.39 is 0 Å². The van der Waals surface area contributed by atoms with Crippen LogP contribution in [0.25, 0.3) is 0 Å². The maximum absolute atomic E-state index is 12.6. The van der Waals surface area contributed by atoms with Crippen molar-refractivity contribution in [3.63, 3.8) is 0 Å². The molecular weight excluding hydrogens is 300 g/mol. The zero-order valence-corrected chi connectivity index (χ0v) is 14.5. The number of methoxy groups -OCH3 is 1. The Morgan fingerprint density at radius 2 is 1.83 bits per heavy atom. The summed E-state index contributed by atoms with van der Waals surface area (Å²) in [4.78, 5) is 15.0. The Bertz CT molecular complexity index is 578. The Hall–Kier alpha value is -1.71. The average molecular weight is 328 g/mol. The minimum absolute atomic E-state index is 0.309. The number of rotatable bonds is 4. The molecule has 0 aromatic heterocycles. The first-order valence-electron chi connectivity index (χ1n) is 9.42. The zero-order chi connectivity index (χ0) is 16.5. The van der Waals surface area contributed by atoms with Crippen LogP contribution in [0.5, 0.6) is 5.75 Å². The second-order valence-corrected chi connectivity index (χ2v) is 7.75. The molecule has 1 heterocycles. The van der Waals surface area contributed by atoms with Gasteiger partial charge < -0.3 is 15.0 Å². The second-order valence-electron chi connectivity index (χ2n) is 7.75. The summed E-state index contributed by atoms with van der Waals surface area (Å²) in [5.41, 5.74) is 1.24. The van der Waals surface area contributed by atoms with Gasteiger partial charge in [0.05, 0.1) is 7.11 Å². The number of nitrogens with one attached hydrogen (secondary N) is 1. The molecule has 1 saturated heterocycles. The van der Waals surface area contributed by atoms with E-state index in [2.05, 4.69) is 22.3 Å². The summed E-state index contributed by atoms with van der Waals surface area (Å²) in [6, 6.07) is 8.61. The van der Waals surface area contributed by atoms with Crippen molar-refractivity contribution >= 4 is 11.6 Å². The highest BCUT2D eigenvalue weighted by molar-refractivity contribution is 5.79. The van der Waals surface area contributed by atoms with E-state index in [-0.39, 0.29) is 0 Å². The first kappa shape index (κ1) is 15.8. The number of carbonyl (C=O) groups is 1. The van der Waals surface area contributed by atoms with Crippen LogP contribution in [0, 0.1) is 17.8 Å². The smallest absolute Gasteiger partial charge is 0.223 e. The predicted molar refractivity (Wildman–Crippen MR) is 95.3 cm³/mol. The molecule has 3 atom stereocenters. The van der Waals surface area contributed by atoms with Gasteiger partial charge in [-0.3, -0.25) is 4.79 Å². The molecule has 4 nitrogen and oxygen atoms in total. The van der Waals surface area contributed by atoms with E-state index in [9.17, 15) is 4.79 Å². The maximum atomic E-state index is 12.6. The largest absolute Gasteiger partial charge is 0.497 e. The van der Waals surface area contributed by atoms with Gasteiger partial charge in [0.1, 0.15) is 5.75 Å². The maximum Gasteiger partial charge on any atom is 0.223 e. The molecule has 1 aromatic rings. The fraction of sp³-hybridized carbons (Fsp3) is 0.650. The number of piperidine rings is 1. The zero-order valence-electron chi connectivity index (χ0n) is 14.5. The van der Waals surface area contributed by atoms with Gasteiger partial charge in [0.15, 0.2) is 0 Å². The number of carbonyl (C=O) groups excluding carboxylic acids is 1. The van der Waals surface area contributed by atoms with E-state index >= 15 is 0 Å². The van der Waals surface area contributed by atoms with E-state index in [1.807, 2.05) is 12.1 Å². The number of nitrogens with zero attached hydrogens (tertiary/aromatic N) is 1. The molecular formula is C20H28N2O2. The molecule has 4 heteroatoms. The third-order valence-corrected chi connectivity index (χ3v) is 6.35. The average Bonchev–Trinajstić information content (AvgIpc) is 3.26. The van der Waals surface area contributed by atoms with E-state index in [1.54, 1.807) is 7.11 Å². The van der Waals surface area contributed by atoms with Crippen molar-refractivity contribution in [1.82, 2.24) is 5.32 Å². The first-order chi connectivity index (χ1) is 11.7. The highest BCUT2D eigenvalue weighted by Gasteiger charge is 2.43. The van der Waals surface area contributed by atoms with Crippen LogP contribution in [-0.4, -0.2) is 32.1 Å². The van der Waals surface area contributed by atoms with Crippen LogP contribution < -0.4 is 15.0 Å². The Balaban J connectivity index is 1.27. The molecule has 2 saturated carbocycles. The van der Waals surface area contributed by atoms with Crippen LogP contribution in [0.3, 0.4) is 0 Å². The third kappa shape index (κ3) is 3.11. The minimum Gasteiger partial charge on any atom is -0.497 e. The summed E-state index contributed by atoms with van der Waals surface area (Å²) < 4.78 is 5.22. The quantitative estimate of drug-likeness (QED) is 0.923. The van der Waals surface area contributed by atoms with E-state index in [1.165, 1.54) is 24.9 Å². The van der Waals surface area contributed by atoms with Gasteiger partial charge in [-0.2, -0.15) is 0 Å². The van der Waals surface area contributed by atoms with Crippen molar-refractivity contribution in [2.45, 2.75) is 44.6 Å². The molecule has 2 bridgehead atoms. The van der Waals surface area contributed by atoms with Crippen molar-refractivity contribution in [2.24, 2.45) is 17.8 Å². The lowest BCUT2D eigenvalue weighted by Gasteiger charge is -2.35. The minimum atomic E-state index is 0.309. The molecule has 3 fully saturated rings. The highest BCUT2D eigenvalue weighted by atomic mass is 16.5. The number of hydrogen-bond donors (Lipinski definition) is 1. The van der Waals surface area contributed by atoms with Crippen LogP contribution in [0.15, 0.2) is 24.3 Å². The second kappa shape index (κ2) is 6.66. The lowest BCUT2D eigenvalue weighted by Crippen LogP contribution is -2.47. The van der Waals surface area contributed by atoms with Crippen LogP contribution in [0.4, 0.5) is 5.69 Å². The lowest BCUT2D eigenvalue weighted by atomic mass is 9.87. The Labute approximate surface area is 144 Å². The normalized spacial score (nSPS) is 29.7. The van der Waals surface area contributed by atoms with E-state index in [4.69, 9.17) is 4.74 Å². The van der Waals surface area contributed by atoms with Gasteiger partial charge in [0.25, 0.3) is 0 Å². The predicted octanol–water partition coefficient (Wildman–Crippen LogP) is 3.22. The lowest BCUT2D eigenvalue weighted by molar-refractivity contribution is -0.127. The molecule has 0 spiro atoms. The molecule has 1 N–H and O–H groups in total. The van der Waals surface area contributed by atoms with Crippen molar-refractivity contribution in [3.8, 4) is 5.75 Å². The Kier molecular flexibility index (Phi) is 4.38. The highest BCUT2D eigenvalue weighted by Crippen LogP contribution is 2.48. The molecule has 2 aliphatic carbocycles. The summed E-state index contributed by atoms with van der Waals surface area (Å²) in [6.45, 7) is 2.02. The molecule has 24 heavy (non-hydrogen) atoms. The summed E-state index contributed by atoms with van der Waals surface area (Å²) in [5, 5.41) is 3.35. The van der Waals surface area contributed by atoms with Crippen LogP contribution in [0.2, 0.25) is 0 Å². The number of amides is 1. The standard InChI is InChI=1S/C20H28N2O2/c1-24-18-6-4-17(5-7-18)22-10-8-16(9-11-22)21-20(23)19-13-14-2-3-15(19)12-14/h4-7,14-16,19H,2-3,8-13H2,1H3,(H,21,23)/t14-,15-,19+/m0/s1. The van der Waals surface area contributed by atoms with Crippen molar-refractivity contribution in [1.29, 1.82) is 0 Å². The Morgan fingerprint density at radius 1 is 1.08 bits per heavy atom. The van der Waals surface area contributed by atoms with Gasteiger partial charge in [-0.25, -0.2) is 0 Å². The van der Waals surface area contributed by atoms with Crippen LogP contribution in [-0.2, 0) is 4.79 Å². The topological polar surface area (TPSA) is 41.6 Å². The number of hydrogen-bond acceptors (Lipinski definition) is 3. The molecule has 3 aliphatic rings. The van der Waals surface area contributed by atoms with Gasteiger partial charge in [-0.05, 0) is 68.2 Å². The number of anilines is 1. The summed E-state index contributed by atoms with van der Waals surface area (Å²) in [7, 11) is 1.69. The van der Waals surface area contributed by atoms with Crippen LogP contribution in [0.1, 0.15) is 38.5 Å².